The monoisotopic (exact) mass is 292 g/mol. The molecule has 0 aromatic carbocycles. The summed E-state index contributed by atoms with van der Waals surface area (Å²) in [6.07, 6.45) is 8.31. The topological polar surface area (TPSA) is 32.3 Å². The van der Waals surface area contributed by atoms with Crippen molar-refractivity contribution in [2.75, 3.05) is 19.6 Å². The van der Waals surface area contributed by atoms with E-state index in [0.717, 1.165) is 50.7 Å². The van der Waals surface area contributed by atoms with Crippen LogP contribution < -0.4 is 5.32 Å². The van der Waals surface area contributed by atoms with Crippen LogP contribution in [0.1, 0.15) is 58.8 Å². The fraction of sp³-hybridized carbons (Fsp3) is 0.944. The molecule has 2 saturated heterocycles. The Balaban J connectivity index is 1.62. The predicted octanol–water partition coefficient (Wildman–Crippen LogP) is 2.84. The van der Waals surface area contributed by atoms with Crippen LogP contribution in [-0.2, 0) is 4.79 Å². The van der Waals surface area contributed by atoms with Gasteiger partial charge in [-0.3, -0.25) is 9.69 Å². The lowest BCUT2D eigenvalue weighted by Crippen LogP contribution is -2.49. The first-order valence-corrected chi connectivity index (χ1v) is 9.17. The summed E-state index contributed by atoms with van der Waals surface area (Å²) in [7, 11) is 0. The van der Waals surface area contributed by atoms with Crippen molar-refractivity contribution < 1.29 is 4.79 Å². The molecule has 4 atom stereocenters. The Morgan fingerprint density at radius 3 is 2.48 bits per heavy atom. The minimum atomic E-state index is 0.249. The molecule has 1 N–H and O–H groups in total. The van der Waals surface area contributed by atoms with Crippen LogP contribution in [-0.4, -0.2) is 42.4 Å². The number of nitrogens with one attached hydrogen (secondary N) is 1. The molecule has 0 spiro atoms. The molecule has 3 aliphatic rings. The summed E-state index contributed by atoms with van der Waals surface area (Å²) < 4.78 is 0. The first-order valence-electron chi connectivity index (χ1n) is 9.17. The van der Waals surface area contributed by atoms with E-state index >= 15 is 0 Å². The van der Waals surface area contributed by atoms with Gasteiger partial charge < -0.3 is 5.32 Å². The van der Waals surface area contributed by atoms with E-state index in [2.05, 4.69) is 24.1 Å². The fourth-order valence-corrected chi connectivity index (χ4v) is 4.75. The van der Waals surface area contributed by atoms with E-state index in [-0.39, 0.29) is 6.04 Å². The van der Waals surface area contributed by atoms with E-state index in [1.165, 1.54) is 25.7 Å². The Kier molecular flexibility index (Phi) is 5.00. The molecule has 4 unspecified atom stereocenters. The Labute approximate surface area is 129 Å². The van der Waals surface area contributed by atoms with Gasteiger partial charge >= 0.3 is 0 Å². The summed E-state index contributed by atoms with van der Waals surface area (Å²) >= 11 is 0. The van der Waals surface area contributed by atoms with Crippen LogP contribution in [0.5, 0.6) is 0 Å². The van der Waals surface area contributed by atoms with Crippen LogP contribution in [0.3, 0.4) is 0 Å². The predicted molar refractivity (Wildman–Crippen MR) is 86.3 cm³/mol. The van der Waals surface area contributed by atoms with Gasteiger partial charge in [0.2, 0.25) is 0 Å². The lowest BCUT2D eigenvalue weighted by molar-refractivity contribution is -0.130. The number of hydrogen-bond donors (Lipinski definition) is 1. The Morgan fingerprint density at radius 1 is 1.00 bits per heavy atom. The molecule has 3 rings (SSSR count). The highest BCUT2D eigenvalue weighted by molar-refractivity contribution is 5.86. The molecule has 3 fully saturated rings. The highest BCUT2D eigenvalue weighted by Gasteiger charge is 2.40. The number of carbonyl (C=O) groups is 1. The first-order chi connectivity index (χ1) is 10.2. The van der Waals surface area contributed by atoms with E-state index in [1.54, 1.807) is 0 Å². The van der Waals surface area contributed by atoms with Crippen LogP contribution in [0.25, 0.3) is 0 Å². The molecule has 21 heavy (non-hydrogen) atoms. The molecule has 2 heterocycles. The highest BCUT2D eigenvalue weighted by atomic mass is 16.1. The third kappa shape index (κ3) is 3.34. The van der Waals surface area contributed by atoms with Gasteiger partial charge in [0.15, 0.2) is 5.78 Å². The smallest absolute Gasteiger partial charge is 0.153 e. The van der Waals surface area contributed by atoms with E-state index in [4.69, 9.17) is 0 Å². The molecule has 2 aliphatic heterocycles. The third-order valence-electron chi connectivity index (χ3n) is 6.40. The number of hydrogen-bond acceptors (Lipinski definition) is 3. The minimum absolute atomic E-state index is 0.249. The third-order valence-corrected chi connectivity index (χ3v) is 6.40. The van der Waals surface area contributed by atoms with E-state index in [0.29, 0.717) is 17.7 Å². The number of likely N-dealkylation sites (tertiary alicyclic amines) is 1. The SMILES string of the molecule is CC1CCC(C(=O)C2CCCN2C2CCNCC2)CC1C. The van der Waals surface area contributed by atoms with Crippen LogP contribution in [0.15, 0.2) is 0 Å². The van der Waals surface area contributed by atoms with E-state index in [9.17, 15) is 4.79 Å². The zero-order valence-electron chi connectivity index (χ0n) is 13.8. The van der Waals surface area contributed by atoms with Crippen LogP contribution in [0, 0.1) is 17.8 Å². The van der Waals surface area contributed by atoms with Crippen LogP contribution in [0.2, 0.25) is 0 Å². The van der Waals surface area contributed by atoms with Gasteiger partial charge in [0.1, 0.15) is 0 Å². The minimum Gasteiger partial charge on any atom is -0.317 e. The summed E-state index contributed by atoms with van der Waals surface area (Å²) in [5.74, 6) is 2.47. The summed E-state index contributed by atoms with van der Waals surface area (Å²) in [5.41, 5.74) is 0. The lowest BCUT2D eigenvalue weighted by Gasteiger charge is -2.38. The van der Waals surface area contributed by atoms with Crippen molar-refractivity contribution in [1.29, 1.82) is 0 Å². The maximum Gasteiger partial charge on any atom is 0.153 e. The van der Waals surface area contributed by atoms with Crippen molar-refractivity contribution in [2.45, 2.75) is 70.9 Å². The van der Waals surface area contributed by atoms with Gasteiger partial charge in [-0.1, -0.05) is 13.8 Å². The van der Waals surface area contributed by atoms with E-state index < -0.39 is 0 Å². The zero-order chi connectivity index (χ0) is 14.8. The molecule has 0 aromatic heterocycles. The van der Waals surface area contributed by atoms with Gasteiger partial charge in [-0.25, -0.2) is 0 Å². The Bertz CT molecular complexity index is 364. The molecule has 3 nitrogen and oxygen atoms in total. The van der Waals surface area contributed by atoms with E-state index in [1.807, 2.05) is 0 Å². The molecule has 0 amide bonds. The van der Waals surface area contributed by atoms with Gasteiger partial charge in [0.05, 0.1) is 6.04 Å². The number of piperidine rings is 1. The normalized spacial score (nSPS) is 39.5. The number of rotatable bonds is 3. The number of nitrogens with zero attached hydrogens (tertiary/aromatic N) is 1. The molecule has 0 bridgehead atoms. The molecular formula is C18H32N2O. The van der Waals surface area contributed by atoms with Gasteiger partial charge in [-0.2, -0.15) is 0 Å². The second-order valence-electron chi connectivity index (χ2n) is 7.74. The average molecular weight is 292 g/mol. The van der Waals surface area contributed by atoms with Gasteiger partial charge in [0.25, 0.3) is 0 Å². The van der Waals surface area contributed by atoms with Crippen molar-refractivity contribution in [1.82, 2.24) is 10.2 Å². The van der Waals surface area contributed by atoms with Crippen molar-refractivity contribution in [3.8, 4) is 0 Å². The summed E-state index contributed by atoms with van der Waals surface area (Å²) in [6, 6.07) is 0.904. The Hall–Kier alpha value is -0.410. The molecule has 0 aromatic rings. The van der Waals surface area contributed by atoms with Gasteiger partial charge in [0, 0.05) is 12.0 Å². The highest BCUT2D eigenvalue weighted by Crippen LogP contribution is 2.36. The zero-order valence-corrected chi connectivity index (χ0v) is 13.8. The summed E-state index contributed by atoms with van der Waals surface area (Å²) in [5, 5.41) is 3.44. The summed E-state index contributed by atoms with van der Waals surface area (Å²) in [4.78, 5) is 15.6. The number of ketones is 1. The summed E-state index contributed by atoms with van der Waals surface area (Å²) in [6.45, 7) is 8.09. The quantitative estimate of drug-likeness (QED) is 0.868. The Morgan fingerprint density at radius 2 is 1.76 bits per heavy atom. The second-order valence-corrected chi connectivity index (χ2v) is 7.74. The van der Waals surface area contributed by atoms with Gasteiger partial charge in [-0.15, -0.1) is 0 Å². The van der Waals surface area contributed by atoms with Crippen molar-refractivity contribution >= 4 is 5.78 Å². The van der Waals surface area contributed by atoms with Gasteiger partial charge in [-0.05, 0) is 76.4 Å². The molecule has 1 aliphatic carbocycles. The second kappa shape index (κ2) is 6.78. The molecule has 3 heteroatoms. The molecule has 0 radical (unpaired) electrons. The molecular weight excluding hydrogens is 260 g/mol. The van der Waals surface area contributed by atoms with Crippen LogP contribution in [0.4, 0.5) is 0 Å². The molecule has 120 valence electrons. The maximum atomic E-state index is 13.0. The first kappa shape index (κ1) is 15.5. The maximum absolute atomic E-state index is 13.0. The van der Waals surface area contributed by atoms with Crippen molar-refractivity contribution in [3.63, 3.8) is 0 Å². The average Bonchev–Trinajstić information content (AvgIpc) is 2.99. The largest absolute Gasteiger partial charge is 0.317 e. The van der Waals surface area contributed by atoms with Crippen LogP contribution >= 0.6 is 0 Å². The standard InChI is InChI=1S/C18H32N2O/c1-13-5-6-15(12-14(13)2)18(21)17-4-3-11-20(17)16-7-9-19-10-8-16/h13-17,19H,3-12H2,1-2H3. The van der Waals surface area contributed by atoms with Crippen molar-refractivity contribution in [3.05, 3.63) is 0 Å². The fourth-order valence-electron chi connectivity index (χ4n) is 4.75. The van der Waals surface area contributed by atoms with Crippen molar-refractivity contribution in [2.24, 2.45) is 17.8 Å². The number of Topliss-reactive ketones (excluding diaryl/α,β-unsaturated/α-hetero) is 1. The number of carbonyl (C=O) groups excluding carboxylic acids is 1. The molecule has 1 saturated carbocycles. The lowest BCUT2D eigenvalue weighted by atomic mass is 9.73.